The number of aromatic nitrogens is 1. The van der Waals surface area contributed by atoms with Crippen LogP contribution in [0.3, 0.4) is 0 Å². The minimum absolute atomic E-state index is 0.0187. The van der Waals surface area contributed by atoms with Crippen LogP contribution in [-0.2, 0) is 16.1 Å². The predicted octanol–water partition coefficient (Wildman–Crippen LogP) is 4.12. The van der Waals surface area contributed by atoms with E-state index < -0.39 is 17.5 Å². The van der Waals surface area contributed by atoms with Crippen LogP contribution >= 0.6 is 11.3 Å². The van der Waals surface area contributed by atoms with Gasteiger partial charge in [0.25, 0.3) is 5.91 Å². The number of rotatable bonds is 7. The quantitative estimate of drug-likeness (QED) is 0.515. The Labute approximate surface area is 206 Å². The molecule has 3 aromatic rings. The summed E-state index contributed by atoms with van der Waals surface area (Å²) in [7, 11) is 0. The number of carboxylic acid groups (broad SMARTS) is 1. The number of thiazole rings is 1. The number of alkyl carbamates (subject to hydrolysis) is 1. The fourth-order valence-corrected chi connectivity index (χ4v) is 5.50. The van der Waals surface area contributed by atoms with Crippen molar-refractivity contribution >= 4 is 29.3 Å². The van der Waals surface area contributed by atoms with Crippen molar-refractivity contribution in [1.29, 1.82) is 0 Å². The van der Waals surface area contributed by atoms with Gasteiger partial charge in [0, 0.05) is 24.4 Å². The Morgan fingerprint density at radius 2 is 1.74 bits per heavy atom. The number of nitrogens with one attached hydrogen (secondary N) is 1. The highest BCUT2D eigenvalue weighted by molar-refractivity contribution is 7.09. The minimum atomic E-state index is -0.879. The Bertz CT molecular complexity index is 1250. The van der Waals surface area contributed by atoms with E-state index in [1.807, 2.05) is 31.2 Å². The van der Waals surface area contributed by atoms with Crippen molar-refractivity contribution in [1.82, 2.24) is 15.2 Å². The molecule has 2 heterocycles. The Morgan fingerprint density at radius 3 is 2.34 bits per heavy atom. The maximum atomic E-state index is 12.6. The number of carboxylic acids is 1. The first-order chi connectivity index (χ1) is 16.9. The van der Waals surface area contributed by atoms with Crippen LogP contribution in [0, 0.1) is 5.41 Å². The van der Waals surface area contributed by atoms with Crippen molar-refractivity contribution in [2.75, 3.05) is 19.7 Å². The second-order valence-corrected chi connectivity index (χ2v) is 9.85. The first kappa shape index (κ1) is 23.0. The van der Waals surface area contributed by atoms with E-state index in [1.165, 1.54) is 27.4 Å². The van der Waals surface area contributed by atoms with Crippen molar-refractivity contribution in [2.45, 2.75) is 25.8 Å². The van der Waals surface area contributed by atoms with Gasteiger partial charge < -0.3 is 20.1 Å². The minimum Gasteiger partial charge on any atom is -0.481 e. The molecule has 1 aliphatic carbocycles. The molecular weight excluding hydrogens is 466 g/mol. The molecule has 8 nitrogen and oxygen atoms in total. The zero-order valence-corrected chi connectivity index (χ0v) is 20.0. The monoisotopic (exact) mass is 491 g/mol. The summed E-state index contributed by atoms with van der Waals surface area (Å²) < 4.78 is 5.53. The summed E-state index contributed by atoms with van der Waals surface area (Å²) in [6, 6.07) is 16.3. The molecular formula is C26H25N3O5S. The molecule has 5 rings (SSSR count). The lowest BCUT2D eigenvalue weighted by Crippen LogP contribution is -2.61. The maximum absolute atomic E-state index is 12.6. The summed E-state index contributed by atoms with van der Waals surface area (Å²) in [5, 5.41) is 14.3. The second-order valence-electron chi connectivity index (χ2n) is 8.91. The number of likely N-dealkylation sites (tertiary alicyclic amines) is 1. The summed E-state index contributed by atoms with van der Waals surface area (Å²) in [6.45, 7) is 2.54. The Kier molecular flexibility index (Phi) is 6.02. The van der Waals surface area contributed by atoms with Gasteiger partial charge in [-0.1, -0.05) is 55.5 Å². The van der Waals surface area contributed by atoms with E-state index in [0.29, 0.717) is 11.4 Å². The number of carbonyl (C=O) groups excluding carboxylic acids is 2. The van der Waals surface area contributed by atoms with Crippen LogP contribution in [0.1, 0.15) is 45.9 Å². The molecule has 0 radical (unpaired) electrons. The van der Waals surface area contributed by atoms with Crippen LogP contribution in [0.2, 0.25) is 0 Å². The third-order valence-electron chi connectivity index (χ3n) is 6.90. The number of ether oxygens (including phenoxy) is 1. The number of aliphatic carboxylic acids is 1. The van der Waals surface area contributed by atoms with Crippen LogP contribution in [0.15, 0.2) is 53.9 Å². The highest BCUT2D eigenvalue weighted by atomic mass is 32.1. The molecule has 2 aliphatic rings. The Morgan fingerprint density at radius 1 is 1.11 bits per heavy atom. The molecule has 0 unspecified atom stereocenters. The fourth-order valence-electron chi connectivity index (χ4n) is 4.79. The van der Waals surface area contributed by atoms with E-state index in [0.717, 1.165) is 11.1 Å². The standard InChI is InChI=1S/C26H25N3O5S/c1-2-26(24(31)32)14-29(15-26)23(30)21-13-35-22(28-21)11-27-25(33)34-12-20-18-9-5-3-7-16(18)17-8-4-6-10-19(17)20/h3-10,13,20H,2,11-12,14-15H2,1H3,(H,27,33)(H,31,32). The predicted molar refractivity (Wildman–Crippen MR) is 130 cm³/mol. The molecule has 9 heteroatoms. The lowest BCUT2D eigenvalue weighted by atomic mass is 9.77. The number of carbonyl (C=O) groups is 3. The van der Waals surface area contributed by atoms with Gasteiger partial charge in [0.1, 0.15) is 22.7 Å². The summed E-state index contributed by atoms with van der Waals surface area (Å²) in [4.78, 5) is 42.3. The molecule has 0 saturated carbocycles. The largest absolute Gasteiger partial charge is 0.481 e. The highest BCUT2D eigenvalue weighted by Crippen LogP contribution is 2.44. The molecule has 0 atom stereocenters. The van der Waals surface area contributed by atoms with Crippen LogP contribution in [0.4, 0.5) is 4.79 Å². The first-order valence-corrected chi connectivity index (χ1v) is 12.4. The smallest absolute Gasteiger partial charge is 0.407 e. The van der Waals surface area contributed by atoms with E-state index in [1.54, 1.807) is 5.38 Å². The van der Waals surface area contributed by atoms with Gasteiger partial charge in [-0.3, -0.25) is 9.59 Å². The zero-order valence-electron chi connectivity index (χ0n) is 19.2. The van der Waals surface area contributed by atoms with Gasteiger partial charge in [-0.2, -0.15) is 0 Å². The second kappa shape index (κ2) is 9.14. The van der Waals surface area contributed by atoms with E-state index in [-0.39, 0.29) is 43.8 Å². The van der Waals surface area contributed by atoms with Gasteiger partial charge >= 0.3 is 12.1 Å². The summed E-state index contributed by atoms with van der Waals surface area (Å²) in [5.74, 6) is -1.19. The van der Waals surface area contributed by atoms with E-state index in [2.05, 4.69) is 34.6 Å². The average molecular weight is 492 g/mol. The van der Waals surface area contributed by atoms with Crippen LogP contribution < -0.4 is 5.32 Å². The number of hydrogen-bond acceptors (Lipinski definition) is 6. The van der Waals surface area contributed by atoms with Crippen molar-refractivity contribution < 1.29 is 24.2 Å². The lowest BCUT2D eigenvalue weighted by molar-refractivity contribution is -0.158. The number of amides is 2. The highest BCUT2D eigenvalue weighted by Gasteiger charge is 2.50. The van der Waals surface area contributed by atoms with Crippen LogP contribution in [0.5, 0.6) is 0 Å². The molecule has 1 aromatic heterocycles. The SMILES string of the molecule is CCC1(C(=O)O)CN(C(=O)c2csc(CNC(=O)OCC3c4ccccc4-c4ccccc43)n2)C1. The molecule has 180 valence electrons. The summed E-state index contributed by atoms with van der Waals surface area (Å²) in [6.07, 6.45) is -0.0785. The summed E-state index contributed by atoms with van der Waals surface area (Å²) >= 11 is 1.26. The Hall–Kier alpha value is -3.72. The first-order valence-electron chi connectivity index (χ1n) is 11.5. The molecule has 1 aliphatic heterocycles. The van der Waals surface area contributed by atoms with Gasteiger partial charge in [-0.15, -0.1) is 11.3 Å². The van der Waals surface area contributed by atoms with E-state index in [9.17, 15) is 19.5 Å². The average Bonchev–Trinajstić information content (AvgIpc) is 3.44. The molecule has 0 spiro atoms. The van der Waals surface area contributed by atoms with Gasteiger partial charge in [0.15, 0.2) is 0 Å². The van der Waals surface area contributed by atoms with Gasteiger partial charge in [-0.05, 0) is 28.7 Å². The van der Waals surface area contributed by atoms with Crippen molar-refractivity contribution in [2.24, 2.45) is 5.41 Å². The van der Waals surface area contributed by atoms with Gasteiger partial charge in [0.05, 0.1) is 6.54 Å². The summed E-state index contributed by atoms with van der Waals surface area (Å²) in [5.41, 5.74) is 4.02. The van der Waals surface area contributed by atoms with Gasteiger partial charge in [0.2, 0.25) is 0 Å². The van der Waals surface area contributed by atoms with Crippen LogP contribution in [0.25, 0.3) is 11.1 Å². The van der Waals surface area contributed by atoms with E-state index >= 15 is 0 Å². The molecule has 1 saturated heterocycles. The number of fused-ring (bicyclic) bond motifs is 3. The fraction of sp³-hybridized carbons (Fsp3) is 0.308. The number of benzene rings is 2. The van der Waals surface area contributed by atoms with Crippen molar-refractivity contribution in [3.63, 3.8) is 0 Å². The third kappa shape index (κ3) is 4.16. The number of nitrogens with zero attached hydrogens (tertiary/aromatic N) is 2. The van der Waals surface area contributed by atoms with Crippen LogP contribution in [-0.4, -0.2) is 52.7 Å². The topological polar surface area (TPSA) is 109 Å². The van der Waals surface area contributed by atoms with Crippen molar-refractivity contribution in [3.8, 4) is 11.1 Å². The van der Waals surface area contributed by atoms with Gasteiger partial charge in [-0.25, -0.2) is 9.78 Å². The Balaban J connectivity index is 1.14. The molecule has 1 fully saturated rings. The molecule has 2 N–H and O–H groups in total. The number of hydrogen-bond donors (Lipinski definition) is 2. The molecule has 35 heavy (non-hydrogen) atoms. The molecule has 2 amide bonds. The van der Waals surface area contributed by atoms with Crippen molar-refractivity contribution in [3.05, 3.63) is 75.7 Å². The zero-order chi connectivity index (χ0) is 24.6. The lowest BCUT2D eigenvalue weighted by Gasteiger charge is -2.46. The molecule has 0 bridgehead atoms. The third-order valence-corrected chi connectivity index (χ3v) is 7.75. The molecule has 2 aromatic carbocycles. The normalized spacial score (nSPS) is 15.6. The maximum Gasteiger partial charge on any atom is 0.407 e. The van der Waals surface area contributed by atoms with E-state index in [4.69, 9.17) is 4.74 Å².